The van der Waals surface area contributed by atoms with Gasteiger partial charge in [0.2, 0.25) is 0 Å². The highest BCUT2D eigenvalue weighted by Gasteiger charge is 2.47. The summed E-state index contributed by atoms with van der Waals surface area (Å²) in [5.41, 5.74) is -0.00236. The van der Waals surface area contributed by atoms with Crippen molar-refractivity contribution in [3.8, 4) is 0 Å². The Morgan fingerprint density at radius 1 is 1.22 bits per heavy atom. The van der Waals surface area contributed by atoms with Gasteiger partial charge in [0.1, 0.15) is 11.6 Å². The summed E-state index contributed by atoms with van der Waals surface area (Å²) >= 11 is 3.05. The Kier molecular flexibility index (Phi) is 3.18. The lowest BCUT2D eigenvalue weighted by molar-refractivity contribution is 0.102. The Morgan fingerprint density at radius 3 is 2.56 bits per heavy atom. The molecule has 3 rings (SSSR count). The second kappa shape index (κ2) is 4.57. The van der Waals surface area contributed by atoms with Gasteiger partial charge in [0.25, 0.3) is 0 Å². The summed E-state index contributed by atoms with van der Waals surface area (Å²) in [6.45, 7) is 0. The second-order valence-electron chi connectivity index (χ2n) is 5.58. The van der Waals surface area contributed by atoms with Crippen LogP contribution >= 0.6 is 15.9 Å². The van der Waals surface area contributed by atoms with Gasteiger partial charge < -0.3 is 5.11 Å². The Balaban J connectivity index is 1.73. The molecule has 0 radical (unpaired) electrons. The van der Waals surface area contributed by atoms with Gasteiger partial charge in [-0.3, -0.25) is 0 Å². The molecule has 2 aliphatic carbocycles. The molecule has 3 atom stereocenters. The first-order valence-electron chi connectivity index (χ1n) is 6.36. The molecule has 2 fully saturated rings. The van der Waals surface area contributed by atoms with Gasteiger partial charge in [-0.05, 0) is 65.1 Å². The maximum atomic E-state index is 13.8. The van der Waals surface area contributed by atoms with E-state index >= 15 is 0 Å². The summed E-state index contributed by atoms with van der Waals surface area (Å²) in [6, 6.07) is 2.59. The molecule has 98 valence electrons. The van der Waals surface area contributed by atoms with Crippen LogP contribution in [0, 0.1) is 29.4 Å². The molecule has 0 amide bonds. The first-order valence-corrected chi connectivity index (χ1v) is 7.16. The largest absolute Gasteiger partial charge is 0.392 e. The molecule has 0 saturated heterocycles. The van der Waals surface area contributed by atoms with Gasteiger partial charge in [-0.25, -0.2) is 8.78 Å². The monoisotopic (exact) mass is 316 g/mol. The van der Waals surface area contributed by atoms with E-state index in [1.807, 2.05) is 0 Å². The van der Waals surface area contributed by atoms with Crippen LogP contribution in [0.2, 0.25) is 0 Å². The SMILES string of the molecule is OC(Cc1c(F)ccc(Br)c1F)C1CC2CC2C1. The lowest BCUT2D eigenvalue weighted by atomic mass is 9.92. The summed E-state index contributed by atoms with van der Waals surface area (Å²) in [7, 11) is 0. The minimum absolute atomic E-state index is 0.00236. The summed E-state index contributed by atoms with van der Waals surface area (Å²) in [4.78, 5) is 0. The summed E-state index contributed by atoms with van der Waals surface area (Å²) < 4.78 is 27.6. The van der Waals surface area contributed by atoms with Crippen molar-refractivity contribution in [2.24, 2.45) is 17.8 Å². The van der Waals surface area contributed by atoms with Crippen molar-refractivity contribution in [1.29, 1.82) is 0 Å². The van der Waals surface area contributed by atoms with E-state index in [4.69, 9.17) is 0 Å². The van der Waals surface area contributed by atoms with Crippen LogP contribution in [0.3, 0.4) is 0 Å². The highest BCUT2D eigenvalue weighted by Crippen LogP contribution is 2.55. The van der Waals surface area contributed by atoms with E-state index in [-0.39, 0.29) is 22.4 Å². The van der Waals surface area contributed by atoms with E-state index < -0.39 is 17.7 Å². The zero-order chi connectivity index (χ0) is 12.9. The number of aliphatic hydroxyl groups is 1. The van der Waals surface area contributed by atoms with Gasteiger partial charge in [-0.1, -0.05) is 0 Å². The zero-order valence-electron chi connectivity index (χ0n) is 9.87. The first kappa shape index (κ1) is 12.5. The normalized spacial score (nSPS) is 31.2. The molecule has 18 heavy (non-hydrogen) atoms. The predicted molar refractivity (Wildman–Crippen MR) is 68.1 cm³/mol. The Bertz CT molecular complexity index is 467. The summed E-state index contributed by atoms with van der Waals surface area (Å²) in [5.74, 6) is 0.588. The molecule has 1 aromatic carbocycles. The van der Waals surface area contributed by atoms with Gasteiger partial charge in [-0.15, -0.1) is 0 Å². The van der Waals surface area contributed by atoms with Crippen LogP contribution in [0.15, 0.2) is 16.6 Å². The maximum absolute atomic E-state index is 13.8. The topological polar surface area (TPSA) is 20.2 Å². The van der Waals surface area contributed by atoms with E-state index in [2.05, 4.69) is 15.9 Å². The van der Waals surface area contributed by atoms with Gasteiger partial charge in [0.05, 0.1) is 10.6 Å². The van der Waals surface area contributed by atoms with E-state index in [1.54, 1.807) is 0 Å². The average Bonchev–Trinajstić information content (AvgIpc) is 2.96. The van der Waals surface area contributed by atoms with E-state index in [0.29, 0.717) is 0 Å². The average molecular weight is 317 g/mol. The molecule has 0 aliphatic heterocycles. The van der Waals surface area contributed by atoms with Crippen LogP contribution < -0.4 is 0 Å². The van der Waals surface area contributed by atoms with Crippen LogP contribution in [0.1, 0.15) is 24.8 Å². The molecule has 4 heteroatoms. The van der Waals surface area contributed by atoms with Crippen LogP contribution in [0.4, 0.5) is 8.78 Å². The van der Waals surface area contributed by atoms with Crippen LogP contribution in [-0.2, 0) is 6.42 Å². The number of benzene rings is 1. The minimum Gasteiger partial charge on any atom is -0.392 e. The Morgan fingerprint density at radius 2 is 1.89 bits per heavy atom. The molecule has 0 heterocycles. The van der Waals surface area contributed by atoms with Crippen molar-refractivity contribution in [2.45, 2.75) is 31.8 Å². The zero-order valence-corrected chi connectivity index (χ0v) is 11.5. The molecule has 1 nitrogen and oxygen atoms in total. The van der Waals surface area contributed by atoms with E-state index in [1.165, 1.54) is 18.6 Å². The van der Waals surface area contributed by atoms with Crippen molar-refractivity contribution in [1.82, 2.24) is 0 Å². The fourth-order valence-electron chi connectivity index (χ4n) is 3.21. The summed E-state index contributed by atoms with van der Waals surface area (Å²) in [5, 5.41) is 10.1. The Hall–Kier alpha value is -0.480. The molecule has 2 aliphatic rings. The number of aliphatic hydroxyl groups excluding tert-OH is 1. The van der Waals surface area contributed by atoms with Crippen molar-refractivity contribution >= 4 is 15.9 Å². The Labute approximate surface area is 113 Å². The minimum atomic E-state index is -0.629. The van der Waals surface area contributed by atoms with E-state index in [0.717, 1.165) is 24.7 Å². The second-order valence-corrected chi connectivity index (χ2v) is 6.43. The van der Waals surface area contributed by atoms with Gasteiger partial charge >= 0.3 is 0 Å². The molecule has 0 aromatic heterocycles. The molecular weight excluding hydrogens is 302 g/mol. The van der Waals surface area contributed by atoms with Crippen LogP contribution in [-0.4, -0.2) is 11.2 Å². The standard InChI is InChI=1S/C14H15BrF2O/c15-11-1-2-12(16)10(14(11)17)6-13(18)9-4-7-3-8(7)5-9/h1-2,7-9,13,18H,3-6H2. The van der Waals surface area contributed by atoms with Gasteiger partial charge in [-0.2, -0.15) is 0 Å². The molecule has 0 spiro atoms. The highest BCUT2D eigenvalue weighted by molar-refractivity contribution is 9.10. The molecule has 1 aromatic rings. The van der Waals surface area contributed by atoms with Crippen molar-refractivity contribution in [3.05, 3.63) is 33.8 Å². The molecular formula is C14H15BrF2O. The third-order valence-electron chi connectivity index (χ3n) is 4.38. The molecule has 3 unspecified atom stereocenters. The summed E-state index contributed by atoms with van der Waals surface area (Å²) in [6.07, 6.45) is 2.76. The number of halogens is 3. The third-order valence-corrected chi connectivity index (χ3v) is 4.99. The number of fused-ring (bicyclic) bond motifs is 1. The molecule has 1 N–H and O–H groups in total. The number of hydrogen-bond donors (Lipinski definition) is 1. The van der Waals surface area contributed by atoms with Crippen molar-refractivity contribution in [2.75, 3.05) is 0 Å². The van der Waals surface area contributed by atoms with Crippen molar-refractivity contribution in [3.63, 3.8) is 0 Å². The van der Waals surface area contributed by atoms with Gasteiger partial charge in [0, 0.05) is 12.0 Å². The fraction of sp³-hybridized carbons (Fsp3) is 0.571. The lowest BCUT2D eigenvalue weighted by Gasteiger charge is -2.20. The van der Waals surface area contributed by atoms with Crippen molar-refractivity contribution < 1.29 is 13.9 Å². The number of rotatable bonds is 3. The number of hydrogen-bond acceptors (Lipinski definition) is 1. The first-order chi connectivity index (χ1) is 8.56. The van der Waals surface area contributed by atoms with Crippen LogP contribution in [0.5, 0.6) is 0 Å². The van der Waals surface area contributed by atoms with E-state index in [9.17, 15) is 13.9 Å². The fourth-order valence-corrected chi connectivity index (χ4v) is 3.58. The maximum Gasteiger partial charge on any atom is 0.143 e. The van der Waals surface area contributed by atoms with Crippen LogP contribution in [0.25, 0.3) is 0 Å². The lowest BCUT2D eigenvalue weighted by Crippen LogP contribution is -2.23. The predicted octanol–water partition coefficient (Wildman–Crippen LogP) is 3.68. The molecule has 2 saturated carbocycles. The molecule has 0 bridgehead atoms. The smallest absolute Gasteiger partial charge is 0.143 e. The quantitative estimate of drug-likeness (QED) is 0.843. The highest BCUT2D eigenvalue weighted by atomic mass is 79.9. The van der Waals surface area contributed by atoms with Gasteiger partial charge in [0.15, 0.2) is 0 Å². The third kappa shape index (κ3) is 2.21.